The van der Waals surface area contributed by atoms with Crippen molar-refractivity contribution in [1.82, 2.24) is 19.7 Å². The van der Waals surface area contributed by atoms with Gasteiger partial charge in [-0.2, -0.15) is 0 Å². The van der Waals surface area contributed by atoms with Crippen molar-refractivity contribution in [3.8, 4) is 0 Å². The zero-order valence-electron chi connectivity index (χ0n) is 18.6. The van der Waals surface area contributed by atoms with Gasteiger partial charge in [0.05, 0.1) is 17.2 Å². The summed E-state index contributed by atoms with van der Waals surface area (Å²) >= 11 is 5.95. The number of aromatic nitrogens is 3. The molecular formula is C23H24ClFN5NaO2. The van der Waals surface area contributed by atoms with E-state index in [1.165, 1.54) is 6.07 Å². The third kappa shape index (κ3) is 4.91. The summed E-state index contributed by atoms with van der Waals surface area (Å²) in [5.74, 6) is -1.51. The van der Waals surface area contributed by atoms with Crippen molar-refractivity contribution in [3.05, 3.63) is 53.2 Å². The number of fused-ring (bicyclic) bond motifs is 1. The Morgan fingerprint density at radius 1 is 1.03 bits per heavy atom. The molecule has 0 atom stereocenters. The van der Waals surface area contributed by atoms with Gasteiger partial charge in [0.25, 0.3) is 0 Å². The van der Waals surface area contributed by atoms with Crippen LogP contribution in [0.5, 0.6) is 0 Å². The average molecular weight is 480 g/mol. The molecule has 0 amide bonds. The number of nitrogens with zero attached hydrogens (tertiary/aromatic N) is 5. The van der Waals surface area contributed by atoms with Crippen LogP contribution in [0.1, 0.15) is 42.2 Å². The topological polar surface area (TPSA) is 77.3 Å². The van der Waals surface area contributed by atoms with E-state index in [1.807, 2.05) is 23.2 Å². The fourth-order valence-corrected chi connectivity index (χ4v) is 5.39. The summed E-state index contributed by atoms with van der Waals surface area (Å²) in [5, 5.41) is 19.6. The minimum atomic E-state index is -1.35. The quantitative estimate of drug-likeness (QED) is 0.486. The second kappa shape index (κ2) is 10.3. The van der Waals surface area contributed by atoms with E-state index < -0.39 is 5.97 Å². The molecule has 3 aromatic rings. The number of carboxylic acid groups (broad SMARTS) is 1. The molecule has 0 N–H and O–H groups in total. The number of anilines is 1. The molecule has 5 rings (SSSR count). The number of hydrogen-bond donors (Lipinski definition) is 0. The van der Waals surface area contributed by atoms with Crippen LogP contribution in [-0.2, 0) is 0 Å². The molecule has 2 aliphatic rings. The summed E-state index contributed by atoms with van der Waals surface area (Å²) in [5.41, 5.74) is 1.27. The molecule has 10 heteroatoms. The van der Waals surface area contributed by atoms with Gasteiger partial charge >= 0.3 is 29.6 Å². The number of aromatic carboxylic acids is 1. The Hall–Kier alpha value is -1.71. The van der Waals surface area contributed by atoms with Gasteiger partial charge in [0.1, 0.15) is 11.5 Å². The first-order valence-corrected chi connectivity index (χ1v) is 11.4. The molecule has 1 aromatic carbocycles. The molecule has 3 heterocycles. The van der Waals surface area contributed by atoms with Gasteiger partial charge in [-0.3, -0.25) is 4.90 Å². The smallest absolute Gasteiger partial charge is 0.543 e. The standard InChI is InChI=1S/C23H25ClFN5O2.Na/c24-21-14-20(22(23(31)32)27-26-21)29-12-10-28(11-13-29)15-4-6-16(7-5-15)30-9-8-17-18(25)2-1-3-19(17)30;/h1-3,8-9,14-16H,4-7,10-13H2,(H,31,32);/q;+1/p-1. The Kier molecular flexibility index (Phi) is 7.60. The molecular weight excluding hydrogens is 456 g/mol. The van der Waals surface area contributed by atoms with Crippen LogP contribution < -0.4 is 39.6 Å². The molecule has 1 aliphatic heterocycles. The molecule has 2 aromatic heterocycles. The monoisotopic (exact) mass is 479 g/mol. The predicted molar refractivity (Wildman–Crippen MR) is 118 cm³/mol. The van der Waals surface area contributed by atoms with Gasteiger partial charge in [0.2, 0.25) is 0 Å². The van der Waals surface area contributed by atoms with Gasteiger partial charge in [-0.05, 0) is 43.9 Å². The maximum Gasteiger partial charge on any atom is 1.00 e. The first kappa shape index (κ1) is 24.4. The molecule has 7 nitrogen and oxygen atoms in total. The van der Waals surface area contributed by atoms with E-state index in [-0.39, 0.29) is 46.2 Å². The van der Waals surface area contributed by atoms with E-state index in [0.29, 0.717) is 36.2 Å². The molecule has 1 aliphatic carbocycles. The largest absolute Gasteiger partial charge is 1.00 e. The van der Waals surface area contributed by atoms with Gasteiger partial charge < -0.3 is 19.4 Å². The molecule has 1 saturated heterocycles. The molecule has 0 unspecified atom stereocenters. The molecule has 168 valence electrons. The van der Waals surface area contributed by atoms with Gasteiger partial charge in [-0.1, -0.05) is 17.7 Å². The van der Waals surface area contributed by atoms with Crippen molar-refractivity contribution in [1.29, 1.82) is 0 Å². The normalized spacial score (nSPS) is 21.7. The molecule has 33 heavy (non-hydrogen) atoms. The van der Waals surface area contributed by atoms with Crippen LogP contribution in [0.4, 0.5) is 10.1 Å². The minimum absolute atomic E-state index is 0. The number of carboxylic acids is 1. The number of rotatable bonds is 4. The molecule has 0 bridgehead atoms. The van der Waals surface area contributed by atoms with Crippen LogP contribution in [0.3, 0.4) is 0 Å². The fourth-order valence-electron chi connectivity index (χ4n) is 5.24. The van der Waals surface area contributed by atoms with Gasteiger partial charge in [-0.15, -0.1) is 10.2 Å². The Morgan fingerprint density at radius 3 is 2.42 bits per heavy atom. The Morgan fingerprint density at radius 2 is 1.73 bits per heavy atom. The zero-order chi connectivity index (χ0) is 22.2. The van der Waals surface area contributed by atoms with E-state index in [1.54, 1.807) is 12.1 Å². The average Bonchev–Trinajstić information content (AvgIpc) is 3.25. The molecule has 2 fully saturated rings. The first-order valence-electron chi connectivity index (χ1n) is 11.0. The van der Waals surface area contributed by atoms with Crippen molar-refractivity contribution >= 4 is 34.2 Å². The van der Waals surface area contributed by atoms with E-state index in [4.69, 9.17) is 11.6 Å². The fraction of sp³-hybridized carbons (Fsp3) is 0.435. The maximum atomic E-state index is 14.0. The predicted octanol–water partition coefficient (Wildman–Crippen LogP) is -0.103. The van der Waals surface area contributed by atoms with E-state index in [2.05, 4.69) is 19.7 Å². The second-order valence-corrected chi connectivity index (χ2v) is 8.96. The van der Waals surface area contributed by atoms with Gasteiger partial charge in [0.15, 0.2) is 5.15 Å². The SMILES string of the molecule is O=C([O-])c1nnc(Cl)cc1N1CCN(C2CCC(n3ccc4c(F)cccc43)CC2)CC1.[Na+]. The number of piperazine rings is 1. The van der Waals surface area contributed by atoms with Crippen molar-refractivity contribution in [2.24, 2.45) is 0 Å². The van der Waals surface area contributed by atoms with Crippen LogP contribution in [0.2, 0.25) is 5.15 Å². The van der Waals surface area contributed by atoms with Crippen molar-refractivity contribution in [2.45, 2.75) is 37.8 Å². The summed E-state index contributed by atoms with van der Waals surface area (Å²) in [7, 11) is 0. The van der Waals surface area contributed by atoms with Crippen molar-refractivity contribution in [3.63, 3.8) is 0 Å². The summed E-state index contributed by atoms with van der Waals surface area (Å²) in [4.78, 5) is 15.9. The second-order valence-electron chi connectivity index (χ2n) is 8.57. The van der Waals surface area contributed by atoms with Crippen molar-refractivity contribution < 1.29 is 43.8 Å². The Balaban J connectivity index is 0.00000259. The summed E-state index contributed by atoms with van der Waals surface area (Å²) in [6.07, 6.45) is 6.31. The van der Waals surface area contributed by atoms with Crippen LogP contribution in [-0.4, -0.2) is 57.9 Å². The Labute approximate surface area is 218 Å². The van der Waals surface area contributed by atoms with E-state index in [0.717, 1.165) is 44.3 Å². The van der Waals surface area contributed by atoms with Crippen LogP contribution in [0, 0.1) is 5.82 Å². The number of halogens is 2. The van der Waals surface area contributed by atoms with E-state index in [9.17, 15) is 14.3 Å². The number of hydrogen-bond acceptors (Lipinski definition) is 6. The number of benzene rings is 1. The third-order valence-corrected chi connectivity index (χ3v) is 7.06. The van der Waals surface area contributed by atoms with Crippen LogP contribution in [0.25, 0.3) is 10.9 Å². The van der Waals surface area contributed by atoms with E-state index >= 15 is 0 Å². The summed E-state index contributed by atoms with van der Waals surface area (Å²) < 4.78 is 16.3. The minimum Gasteiger partial charge on any atom is -0.543 e. The molecule has 0 radical (unpaired) electrons. The summed E-state index contributed by atoms with van der Waals surface area (Å²) in [6.45, 7) is 3.09. The van der Waals surface area contributed by atoms with Gasteiger partial charge in [0, 0.05) is 55.9 Å². The van der Waals surface area contributed by atoms with Crippen molar-refractivity contribution in [2.75, 3.05) is 31.1 Å². The third-order valence-electron chi connectivity index (χ3n) is 6.88. The number of carbonyl (C=O) groups excluding carboxylic acids is 1. The van der Waals surface area contributed by atoms with Crippen LogP contribution >= 0.6 is 11.6 Å². The number of carbonyl (C=O) groups is 1. The molecule has 1 saturated carbocycles. The van der Waals surface area contributed by atoms with Crippen LogP contribution in [0.15, 0.2) is 36.5 Å². The first-order chi connectivity index (χ1) is 15.5. The summed E-state index contributed by atoms with van der Waals surface area (Å²) in [6, 6.07) is 9.59. The Bertz CT molecular complexity index is 1140. The maximum absolute atomic E-state index is 14.0. The molecule has 0 spiro atoms. The zero-order valence-corrected chi connectivity index (χ0v) is 21.3. The van der Waals surface area contributed by atoms with Gasteiger partial charge in [-0.25, -0.2) is 4.39 Å².